The van der Waals surface area contributed by atoms with E-state index in [1.807, 2.05) is 0 Å². The van der Waals surface area contributed by atoms with Gasteiger partial charge in [-0.15, -0.1) is 0 Å². The molecule has 0 spiro atoms. The minimum absolute atomic E-state index is 0.627. The number of nitrogens with zero attached hydrogens (tertiary/aromatic N) is 1. The largest absolute Gasteiger partial charge is 0.313 e. The van der Waals surface area contributed by atoms with Crippen molar-refractivity contribution in [1.82, 2.24) is 10.2 Å². The van der Waals surface area contributed by atoms with Gasteiger partial charge in [0.2, 0.25) is 0 Å². The van der Waals surface area contributed by atoms with Crippen LogP contribution in [0.4, 0.5) is 0 Å². The van der Waals surface area contributed by atoms with Crippen LogP contribution in [0.5, 0.6) is 0 Å². The third kappa shape index (κ3) is 4.43. The second kappa shape index (κ2) is 6.41. The minimum atomic E-state index is 0.627. The normalized spacial score (nSPS) is 24.4. The highest BCUT2D eigenvalue weighted by Crippen LogP contribution is 2.18. The number of rotatable bonds is 5. The standard InChI is InChI=1S/C12H26N2/c1-4-12-6-5-8-14(10-12)9-7-13-11(2)3/h11-13H,4-10H2,1-3H3. The molecular weight excluding hydrogens is 172 g/mol. The van der Waals surface area contributed by atoms with Gasteiger partial charge in [-0.25, -0.2) is 0 Å². The third-order valence-corrected chi connectivity index (χ3v) is 3.16. The van der Waals surface area contributed by atoms with E-state index in [0.29, 0.717) is 6.04 Å². The maximum absolute atomic E-state index is 3.48. The first-order valence-corrected chi connectivity index (χ1v) is 6.18. The zero-order chi connectivity index (χ0) is 10.4. The quantitative estimate of drug-likeness (QED) is 0.728. The van der Waals surface area contributed by atoms with Gasteiger partial charge in [0.1, 0.15) is 0 Å². The molecule has 1 aliphatic heterocycles. The summed E-state index contributed by atoms with van der Waals surface area (Å²) in [4.78, 5) is 2.62. The predicted octanol–water partition coefficient (Wildman–Crippen LogP) is 2.11. The molecule has 1 N–H and O–H groups in total. The van der Waals surface area contributed by atoms with Crippen LogP contribution < -0.4 is 5.32 Å². The Kier molecular flexibility index (Phi) is 5.49. The van der Waals surface area contributed by atoms with E-state index in [1.165, 1.54) is 38.9 Å². The Morgan fingerprint density at radius 3 is 2.86 bits per heavy atom. The molecular formula is C12H26N2. The van der Waals surface area contributed by atoms with Gasteiger partial charge in [0.05, 0.1) is 0 Å². The molecule has 0 aromatic rings. The third-order valence-electron chi connectivity index (χ3n) is 3.16. The topological polar surface area (TPSA) is 15.3 Å². The van der Waals surface area contributed by atoms with Crippen molar-refractivity contribution in [3.8, 4) is 0 Å². The van der Waals surface area contributed by atoms with Gasteiger partial charge in [0.15, 0.2) is 0 Å². The van der Waals surface area contributed by atoms with E-state index in [0.717, 1.165) is 12.5 Å². The molecule has 2 heteroatoms. The van der Waals surface area contributed by atoms with Crippen LogP contribution in [0.2, 0.25) is 0 Å². The highest BCUT2D eigenvalue weighted by molar-refractivity contribution is 4.72. The summed E-state index contributed by atoms with van der Waals surface area (Å²) < 4.78 is 0. The summed E-state index contributed by atoms with van der Waals surface area (Å²) in [6.07, 6.45) is 4.21. The number of piperidine rings is 1. The van der Waals surface area contributed by atoms with Crippen molar-refractivity contribution in [2.24, 2.45) is 5.92 Å². The molecule has 1 saturated heterocycles. The van der Waals surface area contributed by atoms with Crippen LogP contribution in [0.25, 0.3) is 0 Å². The fourth-order valence-corrected chi connectivity index (χ4v) is 2.20. The van der Waals surface area contributed by atoms with Crippen LogP contribution in [0.1, 0.15) is 40.0 Å². The summed E-state index contributed by atoms with van der Waals surface area (Å²) in [5.74, 6) is 0.961. The summed E-state index contributed by atoms with van der Waals surface area (Å²) in [7, 11) is 0. The average molecular weight is 198 g/mol. The highest BCUT2D eigenvalue weighted by Gasteiger charge is 2.17. The van der Waals surface area contributed by atoms with Crippen LogP contribution in [0.3, 0.4) is 0 Å². The molecule has 0 saturated carbocycles. The lowest BCUT2D eigenvalue weighted by molar-refractivity contribution is 0.171. The molecule has 1 unspecified atom stereocenters. The summed E-state index contributed by atoms with van der Waals surface area (Å²) in [5.41, 5.74) is 0. The number of hydrogen-bond acceptors (Lipinski definition) is 2. The Morgan fingerprint density at radius 1 is 1.43 bits per heavy atom. The van der Waals surface area contributed by atoms with Crippen molar-refractivity contribution < 1.29 is 0 Å². The number of hydrogen-bond donors (Lipinski definition) is 1. The zero-order valence-corrected chi connectivity index (χ0v) is 10.1. The minimum Gasteiger partial charge on any atom is -0.313 e. The zero-order valence-electron chi connectivity index (χ0n) is 10.1. The predicted molar refractivity (Wildman–Crippen MR) is 62.6 cm³/mol. The lowest BCUT2D eigenvalue weighted by atomic mass is 9.96. The van der Waals surface area contributed by atoms with Crippen LogP contribution >= 0.6 is 0 Å². The van der Waals surface area contributed by atoms with Crippen molar-refractivity contribution in [2.45, 2.75) is 46.1 Å². The van der Waals surface area contributed by atoms with Crippen molar-refractivity contribution in [2.75, 3.05) is 26.2 Å². The van der Waals surface area contributed by atoms with E-state index >= 15 is 0 Å². The monoisotopic (exact) mass is 198 g/mol. The molecule has 2 nitrogen and oxygen atoms in total. The lowest BCUT2D eigenvalue weighted by Crippen LogP contribution is -2.40. The fraction of sp³-hybridized carbons (Fsp3) is 1.00. The molecule has 0 amide bonds. The van der Waals surface area contributed by atoms with E-state index < -0.39 is 0 Å². The SMILES string of the molecule is CCC1CCCN(CCNC(C)C)C1. The molecule has 1 rings (SSSR count). The maximum atomic E-state index is 3.48. The molecule has 0 bridgehead atoms. The number of likely N-dealkylation sites (tertiary alicyclic amines) is 1. The van der Waals surface area contributed by atoms with Gasteiger partial charge in [0, 0.05) is 25.7 Å². The van der Waals surface area contributed by atoms with Gasteiger partial charge in [-0.05, 0) is 25.3 Å². The van der Waals surface area contributed by atoms with E-state index in [9.17, 15) is 0 Å². The van der Waals surface area contributed by atoms with Crippen LogP contribution in [-0.4, -0.2) is 37.1 Å². The van der Waals surface area contributed by atoms with Crippen molar-refractivity contribution in [3.63, 3.8) is 0 Å². The van der Waals surface area contributed by atoms with Gasteiger partial charge in [-0.1, -0.05) is 27.2 Å². The van der Waals surface area contributed by atoms with Crippen LogP contribution in [0.15, 0.2) is 0 Å². The molecule has 1 heterocycles. The Labute approximate surface area is 89.1 Å². The summed E-state index contributed by atoms with van der Waals surface area (Å²) in [6.45, 7) is 11.8. The molecule has 0 aliphatic carbocycles. The highest BCUT2D eigenvalue weighted by atomic mass is 15.1. The molecule has 1 atom stereocenters. The first-order valence-electron chi connectivity index (χ1n) is 6.18. The van der Waals surface area contributed by atoms with E-state index in [2.05, 4.69) is 31.0 Å². The molecule has 0 radical (unpaired) electrons. The second-order valence-electron chi connectivity index (χ2n) is 4.83. The average Bonchev–Trinajstić information content (AvgIpc) is 2.18. The Hall–Kier alpha value is -0.0800. The van der Waals surface area contributed by atoms with Crippen molar-refractivity contribution >= 4 is 0 Å². The van der Waals surface area contributed by atoms with E-state index in [4.69, 9.17) is 0 Å². The van der Waals surface area contributed by atoms with Gasteiger partial charge in [0.25, 0.3) is 0 Å². The smallest absolute Gasteiger partial charge is 0.0107 e. The van der Waals surface area contributed by atoms with Crippen LogP contribution in [0, 0.1) is 5.92 Å². The second-order valence-corrected chi connectivity index (χ2v) is 4.83. The Balaban J connectivity index is 2.11. The maximum Gasteiger partial charge on any atom is 0.0107 e. The van der Waals surface area contributed by atoms with Crippen LogP contribution in [-0.2, 0) is 0 Å². The molecule has 84 valence electrons. The van der Waals surface area contributed by atoms with Gasteiger partial charge >= 0.3 is 0 Å². The Morgan fingerprint density at radius 2 is 2.21 bits per heavy atom. The van der Waals surface area contributed by atoms with Gasteiger partial charge in [-0.2, -0.15) is 0 Å². The molecule has 1 fully saturated rings. The first-order chi connectivity index (χ1) is 6.72. The number of nitrogens with one attached hydrogen (secondary N) is 1. The molecule has 0 aromatic carbocycles. The van der Waals surface area contributed by atoms with E-state index in [1.54, 1.807) is 0 Å². The molecule has 1 aliphatic rings. The van der Waals surface area contributed by atoms with Crippen molar-refractivity contribution in [3.05, 3.63) is 0 Å². The Bertz CT molecular complexity index is 145. The first kappa shape index (κ1) is 12.0. The molecule has 14 heavy (non-hydrogen) atoms. The van der Waals surface area contributed by atoms with Crippen molar-refractivity contribution in [1.29, 1.82) is 0 Å². The summed E-state index contributed by atoms with van der Waals surface area (Å²) in [6, 6.07) is 0.627. The van der Waals surface area contributed by atoms with Gasteiger partial charge < -0.3 is 10.2 Å². The van der Waals surface area contributed by atoms with E-state index in [-0.39, 0.29) is 0 Å². The summed E-state index contributed by atoms with van der Waals surface area (Å²) in [5, 5.41) is 3.48. The van der Waals surface area contributed by atoms with Gasteiger partial charge in [-0.3, -0.25) is 0 Å². The molecule has 0 aromatic heterocycles. The lowest BCUT2D eigenvalue weighted by Gasteiger charge is -2.32. The fourth-order valence-electron chi connectivity index (χ4n) is 2.20. The summed E-state index contributed by atoms with van der Waals surface area (Å²) >= 11 is 0.